The third kappa shape index (κ3) is 7.92. The van der Waals surface area contributed by atoms with Crippen molar-refractivity contribution in [3.63, 3.8) is 0 Å². The van der Waals surface area contributed by atoms with E-state index in [2.05, 4.69) is 50.2 Å². The van der Waals surface area contributed by atoms with Gasteiger partial charge in [-0.25, -0.2) is 0 Å². The molecule has 6 heterocycles. The van der Waals surface area contributed by atoms with E-state index in [1.54, 1.807) is 0 Å². The van der Waals surface area contributed by atoms with Crippen LogP contribution in [0.4, 0.5) is 0 Å². The first kappa shape index (κ1) is 32.1. The van der Waals surface area contributed by atoms with Gasteiger partial charge >= 0.3 is 0 Å². The van der Waals surface area contributed by atoms with Gasteiger partial charge in [-0.05, 0) is 49.2 Å². The fourth-order valence-corrected chi connectivity index (χ4v) is 11.7. The molecule has 0 saturated heterocycles. The molecule has 0 fully saturated rings. The molecule has 0 aliphatic carbocycles. The monoisotopic (exact) mass is 664 g/mol. The summed E-state index contributed by atoms with van der Waals surface area (Å²) in [6.07, 6.45) is 23.7. The lowest BCUT2D eigenvalue weighted by Gasteiger charge is -2.00. The Labute approximate surface area is 279 Å². The summed E-state index contributed by atoms with van der Waals surface area (Å²) >= 11 is 7.65. The number of hydrogen-bond donors (Lipinski definition) is 0. The molecule has 0 spiro atoms. The second kappa shape index (κ2) is 16.1. The summed E-state index contributed by atoms with van der Waals surface area (Å²) in [5, 5.41) is 2.79. The Morgan fingerprint density at radius 2 is 0.841 bits per heavy atom. The zero-order chi connectivity index (χ0) is 30.1. The van der Waals surface area contributed by atoms with E-state index in [4.69, 9.17) is 8.83 Å². The van der Waals surface area contributed by atoms with Gasteiger partial charge < -0.3 is 8.83 Å². The molecule has 0 radical (unpaired) electrons. The SMILES string of the molecule is CCCCCCCCCCc1ccc(-c2cc3c(s2)sc2c4cc(-c5ccc(CCCCCCCCCC)o5)sc4sc32)o1. The number of rotatable bonds is 20. The van der Waals surface area contributed by atoms with E-state index in [1.807, 2.05) is 45.3 Å². The molecule has 0 aliphatic rings. The Bertz CT molecular complexity index is 1590. The first-order valence-electron chi connectivity index (χ1n) is 17.3. The molecule has 2 nitrogen and oxygen atoms in total. The highest BCUT2D eigenvalue weighted by Crippen LogP contribution is 2.52. The maximum absolute atomic E-state index is 6.32. The van der Waals surface area contributed by atoms with Crippen molar-refractivity contribution in [3.8, 4) is 21.3 Å². The Morgan fingerprint density at radius 1 is 0.455 bits per heavy atom. The van der Waals surface area contributed by atoms with E-state index in [-0.39, 0.29) is 0 Å². The molecular weight excluding hydrogens is 617 g/mol. The van der Waals surface area contributed by atoms with Gasteiger partial charge in [-0.3, -0.25) is 0 Å². The van der Waals surface area contributed by atoms with Gasteiger partial charge in [0.2, 0.25) is 0 Å². The highest BCUT2D eigenvalue weighted by atomic mass is 32.2. The van der Waals surface area contributed by atoms with E-state index in [0.29, 0.717) is 0 Å². The second-order valence-electron chi connectivity index (χ2n) is 12.5. The van der Waals surface area contributed by atoms with Crippen LogP contribution in [0.5, 0.6) is 0 Å². The lowest BCUT2D eigenvalue weighted by Crippen LogP contribution is -1.84. The number of fused-ring (bicyclic) bond motifs is 5. The molecule has 0 bridgehead atoms. The molecule has 44 heavy (non-hydrogen) atoms. The van der Waals surface area contributed by atoms with E-state index >= 15 is 0 Å². The zero-order valence-corrected chi connectivity index (χ0v) is 29.9. The van der Waals surface area contributed by atoms with Crippen LogP contribution < -0.4 is 0 Å². The van der Waals surface area contributed by atoms with Crippen molar-refractivity contribution in [2.75, 3.05) is 0 Å². The highest BCUT2D eigenvalue weighted by Gasteiger charge is 2.20. The summed E-state index contributed by atoms with van der Waals surface area (Å²) in [5.74, 6) is 4.33. The number of hydrogen-bond acceptors (Lipinski definition) is 6. The quantitative estimate of drug-likeness (QED) is 0.0759. The van der Waals surface area contributed by atoms with Crippen LogP contribution >= 0.6 is 45.3 Å². The molecule has 0 aliphatic heterocycles. The predicted octanol–water partition coefficient (Wildman–Crippen LogP) is 15.3. The van der Waals surface area contributed by atoms with Crippen molar-refractivity contribution in [2.45, 2.75) is 129 Å². The van der Waals surface area contributed by atoms with Crippen LogP contribution in [0.25, 0.3) is 49.5 Å². The molecule has 0 aromatic carbocycles. The molecule has 6 aromatic heterocycles. The number of aryl methyl sites for hydroxylation is 2. The summed E-state index contributed by atoms with van der Waals surface area (Å²) in [5.41, 5.74) is 0. The zero-order valence-electron chi connectivity index (χ0n) is 26.6. The Kier molecular flexibility index (Phi) is 11.8. The Morgan fingerprint density at radius 3 is 1.25 bits per heavy atom. The smallest absolute Gasteiger partial charge is 0.144 e. The van der Waals surface area contributed by atoms with Crippen molar-refractivity contribution in [2.24, 2.45) is 0 Å². The van der Waals surface area contributed by atoms with Crippen molar-refractivity contribution < 1.29 is 8.83 Å². The van der Waals surface area contributed by atoms with Crippen LogP contribution in [-0.2, 0) is 12.8 Å². The standard InChI is InChI=1S/C38H48O2S4/c1-3-5-7-9-11-13-15-17-19-27-21-23-31(39-27)33-25-29-35-36(43-37(29)41-33)30-26-34(42-38(30)44-35)32-24-22-28(40-32)20-18-16-14-12-10-8-6-4-2/h21-26H,3-20H2,1-2H3. The maximum atomic E-state index is 6.32. The molecule has 6 aromatic rings. The molecule has 0 N–H and O–H groups in total. The van der Waals surface area contributed by atoms with Crippen LogP contribution in [0.15, 0.2) is 45.2 Å². The average molecular weight is 665 g/mol. The average Bonchev–Trinajstić information content (AvgIpc) is 3.85. The topological polar surface area (TPSA) is 26.3 Å². The summed E-state index contributed by atoms with van der Waals surface area (Å²) in [7, 11) is 0. The normalized spacial score (nSPS) is 12.1. The number of thiophene rings is 4. The molecule has 0 atom stereocenters. The molecule has 0 amide bonds. The van der Waals surface area contributed by atoms with Crippen molar-refractivity contribution in [1.82, 2.24) is 0 Å². The summed E-state index contributed by atoms with van der Waals surface area (Å²) in [6, 6.07) is 13.5. The third-order valence-electron chi connectivity index (χ3n) is 8.84. The first-order valence-corrected chi connectivity index (χ1v) is 20.6. The van der Waals surface area contributed by atoms with Gasteiger partial charge in [0.25, 0.3) is 0 Å². The minimum atomic E-state index is 1.03. The predicted molar refractivity (Wildman–Crippen MR) is 198 cm³/mol. The van der Waals surface area contributed by atoms with Gasteiger partial charge in [0.05, 0.1) is 27.2 Å². The molecule has 6 heteroatoms. The molecule has 0 unspecified atom stereocenters. The largest absolute Gasteiger partial charge is 0.460 e. The van der Waals surface area contributed by atoms with Crippen LogP contribution in [0, 0.1) is 0 Å². The Hall–Kier alpha value is -1.86. The molecule has 236 valence electrons. The Balaban J connectivity index is 1.03. The van der Waals surface area contributed by atoms with E-state index in [9.17, 15) is 0 Å². The van der Waals surface area contributed by atoms with Gasteiger partial charge in [-0.1, -0.05) is 104 Å². The van der Waals surface area contributed by atoms with E-state index < -0.39 is 0 Å². The highest BCUT2D eigenvalue weighted by molar-refractivity contribution is 7.50. The molecule has 6 rings (SSSR count). The number of furan rings is 2. The van der Waals surface area contributed by atoms with Crippen molar-refractivity contribution in [3.05, 3.63) is 47.9 Å². The fourth-order valence-electron chi connectivity index (χ4n) is 6.25. The van der Waals surface area contributed by atoms with Crippen LogP contribution in [0.1, 0.15) is 128 Å². The lowest BCUT2D eigenvalue weighted by atomic mass is 10.1. The van der Waals surface area contributed by atoms with E-state index in [0.717, 1.165) is 35.9 Å². The summed E-state index contributed by atoms with van der Waals surface area (Å²) in [6.45, 7) is 4.57. The van der Waals surface area contributed by atoms with Gasteiger partial charge in [0.15, 0.2) is 0 Å². The summed E-state index contributed by atoms with van der Waals surface area (Å²) in [4.78, 5) is 2.51. The number of unbranched alkanes of at least 4 members (excludes halogenated alkanes) is 14. The van der Waals surface area contributed by atoms with E-state index in [1.165, 1.54) is 141 Å². The van der Waals surface area contributed by atoms with Crippen LogP contribution in [0.3, 0.4) is 0 Å². The fraction of sp³-hybridized carbons (Fsp3) is 0.526. The molecule has 0 saturated carbocycles. The van der Waals surface area contributed by atoms with Gasteiger partial charge in [0.1, 0.15) is 23.0 Å². The van der Waals surface area contributed by atoms with Gasteiger partial charge in [-0.2, -0.15) is 0 Å². The molecular formula is C38H48O2S4. The van der Waals surface area contributed by atoms with Crippen LogP contribution in [-0.4, -0.2) is 0 Å². The minimum Gasteiger partial charge on any atom is -0.460 e. The summed E-state index contributed by atoms with van der Waals surface area (Å²) < 4.78 is 18.3. The maximum Gasteiger partial charge on any atom is 0.144 e. The van der Waals surface area contributed by atoms with Gasteiger partial charge in [0, 0.05) is 23.6 Å². The minimum absolute atomic E-state index is 1.03. The van der Waals surface area contributed by atoms with Crippen molar-refractivity contribution >= 4 is 73.5 Å². The van der Waals surface area contributed by atoms with Crippen LogP contribution in [0.2, 0.25) is 0 Å². The first-order chi connectivity index (χ1) is 21.7. The third-order valence-corrected chi connectivity index (χ3v) is 13.9. The second-order valence-corrected chi connectivity index (χ2v) is 17.1. The lowest BCUT2D eigenvalue weighted by molar-refractivity contribution is 0.501. The van der Waals surface area contributed by atoms with Crippen molar-refractivity contribution in [1.29, 1.82) is 0 Å². The van der Waals surface area contributed by atoms with Gasteiger partial charge in [-0.15, -0.1) is 45.3 Å².